The lowest BCUT2D eigenvalue weighted by Gasteiger charge is -2.17. The van der Waals surface area contributed by atoms with Crippen molar-refractivity contribution in [2.75, 3.05) is 0 Å². The molecule has 110 valence electrons. The topological polar surface area (TPSA) is 82.8 Å². The highest BCUT2D eigenvalue weighted by atomic mass is 32.2. The molecule has 1 unspecified atom stereocenters. The van der Waals surface area contributed by atoms with E-state index in [0.717, 1.165) is 11.3 Å². The minimum absolute atomic E-state index is 0.0786. The maximum atomic E-state index is 12.5. The Bertz CT molecular complexity index is 734. The molecule has 2 aromatic rings. The van der Waals surface area contributed by atoms with Gasteiger partial charge in [-0.2, -0.15) is 5.26 Å². The maximum Gasteiger partial charge on any atom is 0.244 e. The van der Waals surface area contributed by atoms with E-state index in [0.29, 0.717) is 6.42 Å². The molecule has 0 bridgehead atoms. The van der Waals surface area contributed by atoms with E-state index in [2.05, 4.69) is 9.71 Å². The van der Waals surface area contributed by atoms with Crippen molar-refractivity contribution in [1.29, 1.82) is 5.26 Å². The standard InChI is InChI=1S/C14H15N3O2S2/c1-2-5-11(13-6-4-9-20-13)17-21(18,19)14-7-3-8-16-12(14)10-15/h3-4,6-9,11,17H,2,5H2,1H3. The van der Waals surface area contributed by atoms with Gasteiger partial charge in [0, 0.05) is 11.1 Å². The fourth-order valence-electron chi connectivity index (χ4n) is 1.98. The lowest BCUT2D eigenvalue weighted by molar-refractivity contribution is 0.539. The zero-order valence-electron chi connectivity index (χ0n) is 11.5. The second-order valence-electron chi connectivity index (χ2n) is 4.44. The number of nitriles is 1. The Balaban J connectivity index is 2.33. The smallest absolute Gasteiger partial charge is 0.244 e. The van der Waals surface area contributed by atoms with Gasteiger partial charge >= 0.3 is 0 Å². The number of hydrogen-bond donors (Lipinski definition) is 1. The second-order valence-corrected chi connectivity index (χ2v) is 7.10. The van der Waals surface area contributed by atoms with Crippen molar-refractivity contribution in [2.45, 2.75) is 30.7 Å². The number of sulfonamides is 1. The van der Waals surface area contributed by atoms with Gasteiger partial charge in [-0.1, -0.05) is 19.4 Å². The third-order valence-corrected chi connectivity index (χ3v) is 5.42. The van der Waals surface area contributed by atoms with Gasteiger partial charge < -0.3 is 0 Å². The third kappa shape index (κ3) is 3.67. The van der Waals surface area contributed by atoms with Crippen LogP contribution in [0.2, 0.25) is 0 Å². The Morgan fingerprint density at radius 1 is 1.43 bits per heavy atom. The summed E-state index contributed by atoms with van der Waals surface area (Å²) < 4.78 is 27.7. The second kappa shape index (κ2) is 6.80. The zero-order chi connectivity index (χ0) is 15.3. The number of pyridine rings is 1. The Morgan fingerprint density at radius 2 is 2.24 bits per heavy atom. The Kier molecular flexibility index (Phi) is 5.07. The summed E-state index contributed by atoms with van der Waals surface area (Å²) in [4.78, 5) is 4.68. The number of nitrogens with zero attached hydrogens (tertiary/aromatic N) is 2. The summed E-state index contributed by atoms with van der Waals surface area (Å²) in [5.41, 5.74) is -0.0913. The maximum absolute atomic E-state index is 12.5. The van der Waals surface area contributed by atoms with Gasteiger partial charge in [0.25, 0.3) is 0 Å². The van der Waals surface area contributed by atoms with Crippen LogP contribution in [0, 0.1) is 11.3 Å². The lowest BCUT2D eigenvalue weighted by atomic mass is 10.1. The van der Waals surface area contributed by atoms with E-state index >= 15 is 0 Å². The van der Waals surface area contributed by atoms with Crippen LogP contribution >= 0.6 is 11.3 Å². The van der Waals surface area contributed by atoms with Crippen LogP contribution in [0.5, 0.6) is 0 Å². The van der Waals surface area contributed by atoms with Gasteiger partial charge in [-0.15, -0.1) is 11.3 Å². The first-order chi connectivity index (χ1) is 10.1. The summed E-state index contributed by atoms with van der Waals surface area (Å²) in [6.45, 7) is 2.00. The molecule has 0 amide bonds. The van der Waals surface area contributed by atoms with E-state index in [-0.39, 0.29) is 16.6 Å². The molecule has 0 saturated carbocycles. The first kappa shape index (κ1) is 15.6. The molecule has 21 heavy (non-hydrogen) atoms. The van der Waals surface area contributed by atoms with Crippen molar-refractivity contribution >= 4 is 21.4 Å². The number of aromatic nitrogens is 1. The van der Waals surface area contributed by atoms with Gasteiger partial charge in [0.1, 0.15) is 11.0 Å². The number of hydrogen-bond acceptors (Lipinski definition) is 5. The van der Waals surface area contributed by atoms with E-state index < -0.39 is 10.0 Å². The molecule has 0 aromatic carbocycles. The van der Waals surface area contributed by atoms with Crippen LogP contribution in [0.3, 0.4) is 0 Å². The fourth-order valence-corrected chi connectivity index (χ4v) is 4.22. The predicted molar refractivity (Wildman–Crippen MR) is 81.2 cm³/mol. The van der Waals surface area contributed by atoms with Crippen LogP contribution in [0.1, 0.15) is 36.4 Å². The van der Waals surface area contributed by atoms with E-state index in [1.807, 2.05) is 30.5 Å². The highest BCUT2D eigenvalue weighted by Crippen LogP contribution is 2.25. The average Bonchev–Trinajstić information content (AvgIpc) is 3.01. The summed E-state index contributed by atoms with van der Waals surface area (Å²) in [5, 5.41) is 10.9. The highest BCUT2D eigenvalue weighted by Gasteiger charge is 2.24. The minimum atomic E-state index is -3.78. The largest absolute Gasteiger partial charge is 0.244 e. The predicted octanol–water partition coefficient (Wildman–Crippen LogP) is 2.83. The molecule has 0 fully saturated rings. The molecule has 2 aromatic heterocycles. The molecular formula is C14H15N3O2S2. The molecule has 2 rings (SSSR count). The van der Waals surface area contributed by atoms with Gasteiger partial charge in [-0.3, -0.25) is 0 Å². The van der Waals surface area contributed by atoms with E-state index in [1.165, 1.54) is 29.7 Å². The third-order valence-electron chi connectivity index (χ3n) is 2.93. The molecule has 0 saturated heterocycles. The van der Waals surface area contributed by atoms with Crippen LogP contribution in [0.25, 0.3) is 0 Å². The van der Waals surface area contributed by atoms with Crippen molar-refractivity contribution in [1.82, 2.24) is 9.71 Å². The SMILES string of the molecule is CCCC(NS(=O)(=O)c1cccnc1C#N)c1cccs1. The molecule has 0 aliphatic rings. The molecule has 7 heteroatoms. The van der Waals surface area contributed by atoms with Crippen LogP contribution in [-0.2, 0) is 10.0 Å². The van der Waals surface area contributed by atoms with Crippen molar-refractivity contribution in [2.24, 2.45) is 0 Å². The van der Waals surface area contributed by atoms with Gasteiger partial charge in [-0.25, -0.2) is 18.1 Å². The van der Waals surface area contributed by atoms with Gasteiger partial charge in [-0.05, 0) is 30.0 Å². The van der Waals surface area contributed by atoms with Crippen molar-refractivity contribution < 1.29 is 8.42 Å². The Morgan fingerprint density at radius 3 is 2.86 bits per heavy atom. The van der Waals surface area contributed by atoms with E-state index in [4.69, 9.17) is 5.26 Å². The summed E-state index contributed by atoms with van der Waals surface area (Å²) in [6.07, 6.45) is 2.95. The molecule has 0 spiro atoms. The quantitative estimate of drug-likeness (QED) is 0.887. The molecule has 2 heterocycles. The van der Waals surface area contributed by atoms with E-state index in [1.54, 1.807) is 0 Å². The first-order valence-corrected chi connectivity index (χ1v) is 8.85. The van der Waals surface area contributed by atoms with Gasteiger partial charge in [0.15, 0.2) is 5.69 Å². The minimum Gasteiger partial charge on any atom is -0.244 e. The van der Waals surface area contributed by atoms with E-state index in [9.17, 15) is 8.42 Å². The average molecular weight is 321 g/mol. The van der Waals surface area contributed by atoms with Crippen molar-refractivity contribution in [3.05, 3.63) is 46.4 Å². The molecule has 5 nitrogen and oxygen atoms in total. The summed E-state index contributed by atoms with van der Waals surface area (Å²) in [5.74, 6) is 0. The molecular weight excluding hydrogens is 306 g/mol. The molecule has 0 aliphatic carbocycles. The fraction of sp³-hybridized carbons (Fsp3) is 0.286. The Labute approximate surface area is 128 Å². The molecule has 0 aliphatic heterocycles. The van der Waals surface area contributed by atoms with Gasteiger partial charge in [0.2, 0.25) is 10.0 Å². The first-order valence-electron chi connectivity index (χ1n) is 6.49. The Hall–Kier alpha value is -1.75. The highest BCUT2D eigenvalue weighted by molar-refractivity contribution is 7.89. The normalized spacial score (nSPS) is 12.8. The van der Waals surface area contributed by atoms with Crippen molar-refractivity contribution in [3.8, 4) is 6.07 Å². The van der Waals surface area contributed by atoms with Crippen LogP contribution in [-0.4, -0.2) is 13.4 Å². The monoisotopic (exact) mass is 321 g/mol. The number of thiophene rings is 1. The molecule has 0 radical (unpaired) electrons. The molecule has 1 atom stereocenters. The summed E-state index contributed by atoms with van der Waals surface area (Å²) in [6, 6.07) is 8.23. The summed E-state index contributed by atoms with van der Waals surface area (Å²) >= 11 is 1.51. The van der Waals surface area contributed by atoms with Crippen LogP contribution in [0.4, 0.5) is 0 Å². The van der Waals surface area contributed by atoms with Crippen molar-refractivity contribution in [3.63, 3.8) is 0 Å². The molecule has 1 N–H and O–H groups in total. The van der Waals surface area contributed by atoms with Crippen LogP contribution in [0.15, 0.2) is 40.7 Å². The number of nitrogens with one attached hydrogen (secondary N) is 1. The van der Waals surface area contributed by atoms with Crippen LogP contribution < -0.4 is 4.72 Å². The number of rotatable bonds is 6. The lowest BCUT2D eigenvalue weighted by Crippen LogP contribution is -2.29. The zero-order valence-corrected chi connectivity index (χ0v) is 13.1. The summed E-state index contributed by atoms with van der Waals surface area (Å²) in [7, 11) is -3.78. The van der Waals surface area contributed by atoms with Gasteiger partial charge in [0.05, 0.1) is 6.04 Å².